The molecular formula is C13H14F2N2O3. The quantitative estimate of drug-likeness (QED) is 0.783. The number of likely N-dealkylation sites (N-methyl/N-ethyl adjacent to an activating group) is 1. The molecule has 0 radical (unpaired) electrons. The summed E-state index contributed by atoms with van der Waals surface area (Å²) in [6.07, 6.45) is -1.22. The molecule has 2 N–H and O–H groups in total. The normalized spacial score (nSPS) is 20.6. The third-order valence-electron chi connectivity index (χ3n) is 3.26. The Morgan fingerprint density at radius 1 is 1.45 bits per heavy atom. The van der Waals surface area contributed by atoms with Crippen molar-refractivity contribution < 1.29 is 23.5 Å². The summed E-state index contributed by atoms with van der Waals surface area (Å²) in [6, 6.07) is 2.15. The van der Waals surface area contributed by atoms with Gasteiger partial charge in [-0.3, -0.25) is 14.5 Å². The molecule has 0 spiro atoms. The summed E-state index contributed by atoms with van der Waals surface area (Å²) in [7, 11) is 1.38. The average Bonchev–Trinajstić information content (AvgIpc) is 2.63. The lowest BCUT2D eigenvalue weighted by Gasteiger charge is -2.16. The predicted octanol–water partition coefficient (Wildman–Crippen LogP) is 0.345. The Morgan fingerprint density at radius 3 is 2.70 bits per heavy atom. The lowest BCUT2D eigenvalue weighted by atomic mass is 10.1. The molecule has 0 aromatic heterocycles. The van der Waals surface area contributed by atoms with Gasteiger partial charge >= 0.3 is 0 Å². The van der Waals surface area contributed by atoms with Crippen molar-refractivity contribution in [1.29, 1.82) is 0 Å². The molecule has 7 heteroatoms. The van der Waals surface area contributed by atoms with E-state index in [-0.39, 0.29) is 30.3 Å². The highest BCUT2D eigenvalue weighted by Crippen LogP contribution is 2.18. The molecule has 2 amide bonds. The molecule has 1 saturated heterocycles. The third kappa shape index (κ3) is 2.83. The maximum atomic E-state index is 13.4. The Labute approximate surface area is 114 Å². The van der Waals surface area contributed by atoms with Crippen LogP contribution in [-0.2, 0) is 9.59 Å². The largest absolute Gasteiger partial charge is 0.387 e. The van der Waals surface area contributed by atoms with E-state index in [0.29, 0.717) is 6.07 Å². The summed E-state index contributed by atoms with van der Waals surface area (Å²) in [5.74, 6) is -2.29. The highest BCUT2D eigenvalue weighted by molar-refractivity contribution is 6.05. The first-order valence-electron chi connectivity index (χ1n) is 6.07. The van der Waals surface area contributed by atoms with E-state index in [1.165, 1.54) is 7.05 Å². The summed E-state index contributed by atoms with van der Waals surface area (Å²) in [6.45, 7) is -0.111. The molecule has 1 aliphatic heterocycles. The Kier molecular flexibility index (Phi) is 4.10. The van der Waals surface area contributed by atoms with E-state index < -0.39 is 23.8 Å². The van der Waals surface area contributed by atoms with Crippen LogP contribution in [0.25, 0.3) is 0 Å². The van der Waals surface area contributed by atoms with E-state index in [1.807, 2.05) is 0 Å². The number of carbonyl (C=O) groups is 2. The summed E-state index contributed by atoms with van der Waals surface area (Å²) in [5, 5.41) is 12.5. The molecule has 0 saturated carbocycles. The molecule has 0 bridgehead atoms. The third-order valence-corrected chi connectivity index (χ3v) is 3.26. The number of likely N-dealkylation sites (tertiary alicyclic amines) is 1. The van der Waals surface area contributed by atoms with Gasteiger partial charge in [0.25, 0.3) is 0 Å². The molecule has 1 aromatic carbocycles. The molecule has 2 atom stereocenters. The fourth-order valence-corrected chi connectivity index (χ4v) is 2.05. The second-order valence-electron chi connectivity index (χ2n) is 4.64. The van der Waals surface area contributed by atoms with Gasteiger partial charge in [0.15, 0.2) is 0 Å². The minimum absolute atomic E-state index is 0.00789. The Hall–Kier alpha value is -1.86. The van der Waals surface area contributed by atoms with Crippen LogP contribution < -0.4 is 5.32 Å². The Bertz CT molecular complexity index is 550. The van der Waals surface area contributed by atoms with Crippen LogP contribution in [0.1, 0.15) is 18.1 Å². The minimum Gasteiger partial charge on any atom is -0.387 e. The van der Waals surface area contributed by atoms with Crippen molar-refractivity contribution in [3.05, 3.63) is 35.4 Å². The molecule has 2 rings (SSSR count). The number of halogens is 2. The molecule has 1 aromatic rings. The van der Waals surface area contributed by atoms with Crippen molar-refractivity contribution in [3.63, 3.8) is 0 Å². The number of amides is 2. The molecule has 20 heavy (non-hydrogen) atoms. The van der Waals surface area contributed by atoms with Gasteiger partial charge < -0.3 is 10.4 Å². The molecule has 1 fully saturated rings. The van der Waals surface area contributed by atoms with E-state index >= 15 is 0 Å². The number of imide groups is 1. The lowest BCUT2D eigenvalue weighted by molar-refractivity contribution is -0.137. The first-order chi connectivity index (χ1) is 9.40. The van der Waals surface area contributed by atoms with Crippen molar-refractivity contribution in [2.24, 2.45) is 0 Å². The first kappa shape index (κ1) is 14.5. The molecular weight excluding hydrogens is 270 g/mol. The number of nitrogens with one attached hydrogen (secondary N) is 1. The highest BCUT2D eigenvalue weighted by atomic mass is 19.1. The van der Waals surface area contributed by atoms with Gasteiger partial charge in [0.05, 0.1) is 18.6 Å². The van der Waals surface area contributed by atoms with E-state index in [1.54, 1.807) is 0 Å². The van der Waals surface area contributed by atoms with E-state index in [2.05, 4.69) is 5.32 Å². The van der Waals surface area contributed by atoms with Gasteiger partial charge in [0, 0.05) is 25.2 Å². The van der Waals surface area contributed by atoms with E-state index in [4.69, 9.17) is 0 Å². The van der Waals surface area contributed by atoms with Crippen LogP contribution in [0.4, 0.5) is 8.78 Å². The summed E-state index contributed by atoms with van der Waals surface area (Å²) < 4.78 is 26.2. The average molecular weight is 284 g/mol. The lowest BCUT2D eigenvalue weighted by Crippen LogP contribution is -2.39. The number of rotatable bonds is 4. The number of carbonyl (C=O) groups excluding carboxylic acids is 2. The predicted molar refractivity (Wildman–Crippen MR) is 65.5 cm³/mol. The van der Waals surface area contributed by atoms with Gasteiger partial charge in [-0.1, -0.05) is 6.07 Å². The molecule has 0 aliphatic carbocycles. The second-order valence-corrected chi connectivity index (χ2v) is 4.64. The number of hydrogen-bond acceptors (Lipinski definition) is 4. The fourth-order valence-electron chi connectivity index (χ4n) is 2.05. The Morgan fingerprint density at radius 2 is 2.15 bits per heavy atom. The summed E-state index contributed by atoms with van der Waals surface area (Å²) >= 11 is 0. The molecule has 1 aliphatic rings. The van der Waals surface area contributed by atoms with Gasteiger partial charge in [0.2, 0.25) is 11.8 Å². The molecule has 5 nitrogen and oxygen atoms in total. The summed E-state index contributed by atoms with van der Waals surface area (Å²) in [5.41, 5.74) is -0.0657. The highest BCUT2D eigenvalue weighted by Gasteiger charge is 2.35. The van der Waals surface area contributed by atoms with Crippen LogP contribution in [0, 0.1) is 11.6 Å². The molecule has 2 unspecified atom stereocenters. The van der Waals surface area contributed by atoms with Gasteiger partial charge in [-0.05, 0) is 6.07 Å². The minimum atomic E-state index is -1.23. The Balaban J connectivity index is 1.97. The molecule has 108 valence electrons. The first-order valence-corrected chi connectivity index (χ1v) is 6.07. The monoisotopic (exact) mass is 284 g/mol. The van der Waals surface area contributed by atoms with Crippen LogP contribution in [0.2, 0.25) is 0 Å². The maximum Gasteiger partial charge on any atom is 0.246 e. The summed E-state index contributed by atoms with van der Waals surface area (Å²) in [4.78, 5) is 23.9. The van der Waals surface area contributed by atoms with Gasteiger partial charge in [-0.25, -0.2) is 8.78 Å². The standard InChI is InChI=1S/C13H14F2N2O3/c1-17-12(19)5-10(13(17)20)16-6-11(18)8-3-2-7(14)4-9(8)15/h2-4,10-11,16,18H,5-6H2,1H3. The van der Waals surface area contributed by atoms with Crippen LogP contribution in [0.5, 0.6) is 0 Å². The topological polar surface area (TPSA) is 69.6 Å². The van der Waals surface area contributed by atoms with Crippen molar-refractivity contribution in [2.75, 3.05) is 13.6 Å². The van der Waals surface area contributed by atoms with Gasteiger partial charge in [-0.15, -0.1) is 0 Å². The van der Waals surface area contributed by atoms with Crippen molar-refractivity contribution >= 4 is 11.8 Å². The van der Waals surface area contributed by atoms with E-state index in [0.717, 1.165) is 17.0 Å². The SMILES string of the molecule is CN1C(=O)CC(NCC(O)c2ccc(F)cc2F)C1=O. The van der Waals surface area contributed by atoms with Crippen LogP contribution in [0.3, 0.4) is 0 Å². The smallest absolute Gasteiger partial charge is 0.246 e. The van der Waals surface area contributed by atoms with Crippen LogP contribution >= 0.6 is 0 Å². The number of nitrogens with zero attached hydrogens (tertiary/aromatic N) is 1. The van der Waals surface area contributed by atoms with Crippen molar-refractivity contribution in [2.45, 2.75) is 18.6 Å². The second kappa shape index (κ2) is 5.64. The van der Waals surface area contributed by atoms with E-state index in [9.17, 15) is 23.5 Å². The zero-order chi connectivity index (χ0) is 14.9. The van der Waals surface area contributed by atoms with Crippen molar-refractivity contribution in [3.8, 4) is 0 Å². The van der Waals surface area contributed by atoms with Crippen molar-refractivity contribution in [1.82, 2.24) is 10.2 Å². The van der Waals surface area contributed by atoms with Crippen LogP contribution in [0.15, 0.2) is 18.2 Å². The zero-order valence-corrected chi connectivity index (χ0v) is 10.8. The van der Waals surface area contributed by atoms with Gasteiger partial charge in [0.1, 0.15) is 11.6 Å². The number of aliphatic hydroxyl groups excluding tert-OH is 1. The van der Waals surface area contributed by atoms with Gasteiger partial charge in [-0.2, -0.15) is 0 Å². The zero-order valence-electron chi connectivity index (χ0n) is 10.8. The maximum absolute atomic E-state index is 13.4. The fraction of sp³-hybridized carbons (Fsp3) is 0.385. The van der Waals surface area contributed by atoms with Crippen LogP contribution in [-0.4, -0.2) is 41.5 Å². The number of hydrogen-bond donors (Lipinski definition) is 2. The molecule has 1 heterocycles. The number of aliphatic hydroxyl groups is 1. The number of benzene rings is 1.